The monoisotopic (exact) mass is 650 g/mol. The van der Waals surface area contributed by atoms with Crippen LogP contribution in [0.4, 0.5) is 0 Å². The van der Waals surface area contributed by atoms with Crippen molar-refractivity contribution in [3.05, 3.63) is 158 Å². The van der Waals surface area contributed by atoms with Gasteiger partial charge >= 0.3 is 0 Å². The molecule has 0 bridgehead atoms. The van der Waals surface area contributed by atoms with Crippen molar-refractivity contribution in [3.63, 3.8) is 0 Å². The molecule has 1 aliphatic rings. The maximum absolute atomic E-state index is 5.16. The first-order chi connectivity index (χ1) is 25.3. The molecule has 7 aromatic carbocycles. The van der Waals surface area contributed by atoms with E-state index in [-0.39, 0.29) is 0 Å². The van der Waals surface area contributed by atoms with Gasteiger partial charge in [0.2, 0.25) is 0 Å². The molecule has 0 unspecified atom stereocenters. The average Bonchev–Trinajstić information content (AvgIpc) is 3.71. The lowest BCUT2D eigenvalue weighted by Crippen LogP contribution is -2.01. The van der Waals surface area contributed by atoms with Crippen molar-refractivity contribution in [1.29, 1.82) is 0 Å². The van der Waals surface area contributed by atoms with Crippen LogP contribution in [0.1, 0.15) is 0 Å². The molecule has 1 aliphatic carbocycles. The van der Waals surface area contributed by atoms with Gasteiger partial charge in [0, 0.05) is 55.0 Å². The molecule has 0 atom stereocenters. The average molecular weight is 651 g/mol. The Labute approximate surface area is 292 Å². The molecule has 236 valence electrons. The van der Waals surface area contributed by atoms with Gasteiger partial charge < -0.3 is 4.57 Å². The summed E-state index contributed by atoms with van der Waals surface area (Å²) in [7, 11) is 0. The van der Waals surface area contributed by atoms with Gasteiger partial charge in [-0.3, -0.25) is 0 Å². The van der Waals surface area contributed by atoms with Gasteiger partial charge in [-0.05, 0) is 36.4 Å². The van der Waals surface area contributed by atoms with Crippen LogP contribution in [-0.2, 0) is 0 Å². The molecule has 6 nitrogen and oxygen atoms in total. The van der Waals surface area contributed by atoms with Gasteiger partial charge in [0.15, 0.2) is 17.5 Å². The Morgan fingerprint density at radius 3 is 1.63 bits per heavy atom. The third-order valence-corrected chi connectivity index (χ3v) is 9.93. The Balaban J connectivity index is 1.16. The molecule has 0 N–H and O–H groups in total. The Bertz CT molecular complexity index is 2960. The quantitative estimate of drug-likeness (QED) is 0.190. The van der Waals surface area contributed by atoms with Crippen molar-refractivity contribution in [2.75, 3.05) is 0 Å². The SMILES string of the molecule is c1ccc(-c2nc(-c3ccccc3)nc(-c3cccc(-n4c5ccccc5c5cc6c7c(cccc7c54)-c4nc5ccccc5nc4-6)c3)n2)cc1. The number of rotatable bonds is 4. The second-order valence-corrected chi connectivity index (χ2v) is 12.9. The fourth-order valence-electron chi connectivity index (χ4n) is 7.68. The predicted octanol–water partition coefficient (Wildman–Crippen LogP) is 10.7. The van der Waals surface area contributed by atoms with Crippen LogP contribution >= 0.6 is 0 Å². The maximum atomic E-state index is 5.16. The number of para-hydroxylation sites is 3. The summed E-state index contributed by atoms with van der Waals surface area (Å²) in [6.45, 7) is 0. The summed E-state index contributed by atoms with van der Waals surface area (Å²) >= 11 is 0. The number of hydrogen-bond acceptors (Lipinski definition) is 5. The van der Waals surface area contributed by atoms with Crippen LogP contribution in [0.15, 0.2) is 158 Å². The van der Waals surface area contributed by atoms with Crippen LogP contribution in [0.5, 0.6) is 0 Å². The Morgan fingerprint density at radius 1 is 0.373 bits per heavy atom. The topological polar surface area (TPSA) is 69.4 Å². The smallest absolute Gasteiger partial charge is 0.164 e. The number of nitrogens with zero attached hydrogens (tertiary/aromatic N) is 6. The number of fused-ring (bicyclic) bond motifs is 8. The van der Waals surface area contributed by atoms with Crippen LogP contribution in [0, 0.1) is 0 Å². The molecule has 0 saturated heterocycles. The summed E-state index contributed by atoms with van der Waals surface area (Å²) in [4.78, 5) is 25.3. The van der Waals surface area contributed by atoms with Crippen LogP contribution in [0.3, 0.4) is 0 Å². The van der Waals surface area contributed by atoms with E-state index < -0.39 is 0 Å². The maximum Gasteiger partial charge on any atom is 0.164 e. The summed E-state index contributed by atoms with van der Waals surface area (Å²) in [5, 5.41) is 4.72. The van der Waals surface area contributed by atoms with Crippen molar-refractivity contribution in [2.45, 2.75) is 0 Å². The lowest BCUT2D eigenvalue weighted by Gasteiger charge is -2.13. The molecule has 0 aliphatic heterocycles. The van der Waals surface area contributed by atoms with Crippen LogP contribution < -0.4 is 0 Å². The zero-order chi connectivity index (χ0) is 33.5. The number of aromatic nitrogens is 6. The Kier molecular flexibility index (Phi) is 5.86. The Hall–Kier alpha value is -7.05. The third kappa shape index (κ3) is 4.20. The fraction of sp³-hybridized carbons (Fsp3) is 0. The first-order valence-electron chi connectivity index (χ1n) is 17.0. The lowest BCUT2D eigenvalue weighted by atomic mass is 10.00. The standard InChI is InChI=1S/C45H26N6/c1-3-13-27(14-4-1)43-48-44(28-15-5-2-6-16-28)50-45(49-43)29-17-11-18-30(25-29)51-38-24-10-7-19-31(38)34-26-35-39-32(20-12-21-33(39)42(34)51)40-41(35)47-37-23-9-8-22-36(37)46-40/h1-26H. The zero-order valence-corrected chi connectivity index (χ0v) is 27.2. The van der Waals surface area contributed by atoms with E-state index in [1.807, 2.05) is 84.9 Å². The third-order valence-electron chi connectivity index (χ3n) is 9.93. The van der Waals surface area contributed by atoms with E-state index in [1.54, 1.807) is 0 Å². The summed E-state index contributed by atoms with van der Waals surface area (Å²) in [5.74, 6) is 1.90. The molecule has 0 radical (unpaired) electrons. The van der Waals surface area contributed by atoms with Crippen LogP contribution in [-0.4, -0.2) is 29.5 Å². The second-order valence-electron chi connectivity index (χ2n) is 12.9. The highest BCUT2D eigenvalue weighted by atomic mass is 15.0. The van der Waals surface area contributed by atoms with Crippen LogP contribution in [0.25, 0.3) is 106 Å². The van der Waals surface area contributed by atoms with E-state index in [4.69, 9.17) is 24.9 Å². The molecular formula is C45H26N6. The molecule has 3 heterocycles. The summed E-state index contributed by atoms with van der Waals surface area (Å²) in [6, 6.07) is 54.4. The van der Waals surface area contributed by atoms with Gasteiger partial charge in [0.05, 0.1) is 33.5 Å². The normalized spacial score (nSPS) is 11.9. The minimum absolute atomic E-state index is 0.623. The van der Waals surface area contributed by atoms with Gasteiger partial charge in [0.1, 0.15) is 0 Å². The molecule has 0 saturated carbocycles. The summed E-state index contributed by atoms with van der Waals surface area (Å²) < 4.78 is 2.38. The van der Waals surface area contributed by atoms with Crippen molar-refractivity contribution >= 4 is 43.6 Å². The largest absolute Gasteiger partial charge is 0.309 e. The molecule has 51 heavy (non-hydrogen) atoms. The molecule has 0 spiro atoms. The first kappa shape index (κ1) is 27.9. The highest BCUT2D eigenvalue weighted by Crippen LogP contribution is 2.50. The first-order valence-corrected chi connectivity index (χ1v) is 17.0. The molecule has 10 aromatic rings. The molecule has 11 rings (SSSR count). The van der Waals surface area contributed by atoms with E-state index in [2.05, 4.69) is 77.4 Å². The fourth-order valence-corrected chi connectivity index (χ4v) is 7.68. The number of benzene rings is 7. The Morgan fingerprint density at radius 2 is 0.922 bits per heavy atom. The molecule has 3 aromatic heterocycles. The highest BCUT2D eigenvalue weighted by Gasteiger charge is 2.28. The molecule has 0 amide bonds. The van der Waals surface area contributed by atoms with Gasteiger partial charge in [-0.1, -0.05) is 121 Å². The minimum Gasteiger partial charge on any atom is -0.309 e. The van der Waals surface area contributed by atoms with Crippen molar-refractivity contribution < 1.29 is 0 Å². The predicted molar refractivity (Wildman–Crippen MR) is 206 cm³/mol. The molecule has 6 heteroatoms. The van der Waals surface area contributed by atoms with Crippen molar-refractivity contribution in [1.82, 2.24) is 29.5 Å². The van der Waals surface area contributed by atoms with Gasteiger partial charge in [-0.15, -0.1) is 0 Å². The molecule has 0 fully saturated rings. The van der Waals surface area contributed by atoms with Crippen molar-refractivity contribution in [2.24, 2.45) is 0 Å². The van der Waals surface area contributed by atoms with E-state index in [0.717, 1.165) is 67.0 Å². The lowest BCUT2D eigenvalue weighted by molar-refractivity contribution is 1.07. The highest BCUT2D eigenvalue weighted by molar-refractivity contribution is 6.27. The van der Waals surface area contributed by atoms with Gasteiger partial charge in [-0.25, -0.2) is 24.9 Å². The number of hydrogen-bond donors (Lipinski definition) is 0. The van der Waals surface area contributed by atoms with Gasteiger partial charge in [0.25, 0.3) is 0 Å². The van der Waals surface area contributed by atoms with Crippen LogP contribution in [0.2, 0.25) is 0 Å². The van der Waals surface area contributed by atoms with E-state index in [9.17, 15) is 0 Å². The summed E-state index contributed by atoms with van der Waals surface area (Å²) in [5.41, 5.74) is 12.0. The van der Waals surface area contributed by atoms with E-state index in [1.165, 1.54) is 21.5 Å². The molecular weight excluding hydrogens is 625 g/mol. The zero-order valence-electron chi connectivity index (χ0n) is 27.2. The second kappa shape index (κ2) is 10.7. The van der Waals surface area contributed by atoms with E-state index >= 15 is 0 Å². The van der Waals surface area contributed by atoms with E-state index in [0.29, 0.717) is 17.5 Å². The summed E-state index contributed by atoms with van der Waals surface area (Å²) in [6.07, 6.45) is 0. The van der Waals surface area contributed by atoms with Gasteiger partial charge in [-0.2, -0.15) is 0 Å². The van der Waals surface area contributed by atoms with Crippen molar-refractivity contribution in [3.8, 4) is 62.4 Å². The minimum atomic E-state index is 0.623.